The van der Waals surface area contributed by atoms with Gasteiger partial charge >= 0.3 is 0 Å². The second-order valence-corrected chi connectivity index (χ2v) is 4.84. The molecule has 1 N–H and O–H groups in total. The SMILES string of the molecule is COCCCNCCN1CCC(COC)CC1. The Morgan fingerprint density at radius 2 is 1.88 bits per heavy atom. The summed E-state index contributed by atoms with van der Waals surface area (Å²) in [5.74, 6) is 0.783. The van der Waals surface area contributed by atoms with Gasteiger partial charge in [0.1, 0.15) is 0 Å². The summed E-state index contributed by atoms with van der Waals surface area (Å²) in [6.07, 6.45) is 3.68. The van der Waals surface area contributed by atoms with Crippen LogP contribution in [0.25, 0.3) is 0 Å². The van der Waals surface area contributed by atoms with E-state index in [1.807, 2.05) is 0 Å². The lowest BCUT2D eigenvalue weighted by Gasteiger charge is -2.31. The monoisotopic (exact) mass is 244 g/mol. The van der Waals surface area contributed by atoms with Gasteiger partial charge in [0, 0.05) is 40.5 Å². The molecule has 0 aromatic heterocycles. The fraction of sp³-hybridized carbons (Fsp3) is 1.00. The Bertz CT molecular complexity index is 171. The van der Waals surface area contributed by atoms with Crippen molar-refractivity contribution >= 4 is 0 Å². The molecular weight excluding hydrogens is 216 g/mol. The molecule has 0 bridgehead atoms. The lowest BCUT2D eigenvalue weighted by molar-refractivity contribution is 0.0998. The van der Waals surface area contributed by atoms with Gasteiger partial charge < -0.3 is 19.7 Å². The van der Waals surface area contributed by atoms with Crippen molar-refractivity contribution in [3.05, 3.63) is 0 Å². The average Bonchev–Trinajstić information content (AvgIpc) is 2.36. The second kappa shape index (κ2) is 9.83. The van der Waals surface area contributed by atoms with Crippen LogP contribution in [0, 0.1) is 5.92 Å². The average molecular weight is 244 g/mol. The van der Waals surface area contributed by atoms with E-state index >= 15 is 0 Å². The molecule has 0 atom stereocenters. The molecule has 0 unspecified atom stereocenters. The van der Waals surface area contributed by atoms with E-state index in [0.717, 1.165) is 38.6 Å². The number of ether oxygens (including phenoxy) is 2. The number of nitrogens with zero attached hydrogens (tertiary/aromatic N) is 1. The van der Waals surface area contributed by atoms with Crippen LogP contribution in [0.2, 0.25) is 0 Å². The topological polar surface area (TPSA) is 33.7 Å². The molecule has 0 aromatic carbocycles. The van der Waals surface area contributed by atoms with Crippen LogP contribution in [0.5, 0.6) is 0 Å². The van der Waals surface area contributed by atoms with E-state index < -0.39 is 0 Å². The lowest BCUT2D eigenvalue weighted by Crippen LogP contribution is -2.39. The number of hydrogen-bond acceptors (Lipinski definition) is 4. The zero-order chi connectivity index (χ0) is 12.3. The van der Waals surface area contributed by atoms with Gasteiger partial charge in [-0.05, 0) is 44.8 Å². The smallest absolute Gasteiger partial charge is 0.0491 e. The summed E-state index contributed by atoms with van der Waals surface area (Å²) in [6, 6.07) is 0. The molecule has 0 spiro atoms. The molecule has 4 heteroatoms. The van der Waals surface area contributed by atoms with Gasteiger partial charge in [0.2, 0.25) is 0 Å². The summed E-state index contributed by atoms with van der Waals surface area (Å²) < 4.78 is 10.2. The molecule has 1 saturated heterocycles. The highest BCUT2D eigenvalue weighted by molar-refractivity contribution is 4.72. The zero-order valence-corrected chi connectivity index (χ0v) is 11.4. The van der Waals surface area contributed by atoms with Gasteiger partial charge in [0.25, 0.3) is 0 Å². The third-order valence-electron chi connectivity index (χ3n) is 3.42. The molecule has 0 aliphatic carbocycles. The Kier molecular flexibility index (Phi) is 8.61. The number of likely N-dealkylation sites (tertiary alicyclic amines) is 1. The fourth-order valence-electron chi connectivity index (χ4n) is 2.32. The number of nitrogens with one attached hydrogen (secondary N) is 1. The summed E-state index contributed by atoms with van der Waals surface area (Å²) in [6.45, 7) is 7.58. The highest BCUT2D eigenvalue weighted by atomic mass is 16.5. The first-order valence-corrected chi connectivity index (χ1v) is 6.77. The Balaban J connectivity index is 1.91. The van der Waals surface area contributed by atoms with Crippen LogP contribution in [-0.2, 0) is 9.47 Å². The normalized spacial score (nSPS) is 18.7. The van der Waals surface area contributed by atoms with E-state index in [9.17, 15) is 0 Å². The maximum absolute atomic E-state index is 5.21. The fourth-order valence-corrected chi connectivity index (χ4v) is 2.32. The van der Waals surface area contributed by atoms with E-state index in [2.05, 4.69) is 10.2 Å². The third kappa shape index (κ3) is 6.99. The molecule has 1 heterocycles. The van der Waals surface area contributed by atoms with Gasteiger partial charge in [-0.1, -0.05) is 0 Å². The highest BCUT2D eigenvalue weighted by Gasteiger charge is 2.18. The van der Waals surface area contributed by atoms with Crippen molar-refractivity contribution in [3.63, 3.8) is 0 Å². The molecule has 17 heavy (non-hydrogen) atoms. The molecule has 1 fully saturated rings. The van der Waals surface area contributed by atoms with Crippen molar-refractivity contribution in [2.75, 3.05) is 60.2 Å². The van der Waals surface area contributed by atoms with Crippen molar-refractivity contribution in [3.8, 4) is 0 Å². The van der Waals surface area contributed by atoms with Crippen LogP contribution >= 0.6 is 0 Å². The first-order valence-electron chi connectivity index (χ1n) is 6.77. The summed E-state index contributed by atoms with van der Waals surface area (Å²) in [5, 5.41) is 3.46. The maximum atomic E-state index is 5.21. The summed E-state index contributed by atoms with van der Waals surface area (Å²) in [7, 11) is 3.56. The molecule has 4 nitrogen and oxygen atoms in total. The molecule has 0 aromatic rings. The minimum Gasteiger partial charge on any atom is -0.385 e. The van der Waals surface area contributed by atoms with Crippen LogP contribution < -0.4 is 5.32 Å². The number of methoxy groups -OCH3 is 2. The Hall–Kier alpha value is -0.160. The molecule has 1 rings (SSSR count). The van der Waals surface area contributed by atoms with E-state index in [0.29, 0.717) is 0 Å². The van der Waals surface area contributed by atoms with Crippen LogP contribution in [0.15, 0.2) is 0 Å². The molecule has 0 amide bonds. The molecular formula is C13H28N2O2. The maximum Gasteiger partial charge on any atom is 0.0491 e. The van der Waals surface area contributed by atoms with Gasteiger partial charge in [-0.15, -0.1) is 0 Å². The van der Waals surface area contributed by atoms with Crippen LogP contribution in [0.3, 0.4) is 0 Å². The summed E-state index contributed by atoms with van der Waals surface area (Å²) in [4.78, 5) is 2.55. The largest absolute Gasteiger partial charge is 0.385 e. The second-order valence-electron chi connectivity index (χ2n) is 4.84. The molecule has 0 saturated carbocycles. The van der Waals surface area contributed by atoms with Gasteiger partial charge in [0.05, 0.1) is 0 Å². The van der Waals surface area contributed by atoms with E-state index in [-0.39, 0.29) is 0 Å². The van der Waals surface area contributed by atoms with E-state index in [4.69, 9.17) is 9.47 Å². The molecule has 1 aliphatic heterocycles. The summed E-state index contributed by atoms with van der Waals surface area (Å²) >= 11 is 0. The predicted octanol–water partition coefficient (Wildman–Crippen LogP) is 0.971. The zero-order valence-electron chi connectivity index (χ0n) is 11.4. The van der Waals surface area contributed by atoms with Gasteiger partial charge in [-0.25, -0.2) is 0 Å². The molecule has 1 aliphatic rings. The predicted molar refractivity (Wildman–Crippen MR) is 70.4 cm³/mol. The van der Waals surface area contributed by atoms with Crippen molar-refractivity contribution in [1.82, 2.24) is 10.2 Å². The Labute approximate surface area is 106 Å². The van der Waals surface area contributed by atoms with Crippen molar-refractivity contribution in [2.45, 2.75) is 19.3 Å². The minimum atomic E-state index is 0.783. The lowest BCUT2D eigenvalue weighted by atomic mass is 9.98. The molecule has 102 valence electrons. The van der Waals surface area contributed by atoms with Crippen molar-refractivity contribution in [2.24, 2.45) is 5.92 Å². The quantitative estimate of drug-likeness (QED) is 0.613. The number of rotatable bonds is 9. The standard InChI is InChI=1S/C13H28N2O2/c1-16-11-3-6-14-7-10-15-8-4-13(5-9-15)12-17-2/h13-14H,3-12H2,1-2H3. The molecule has 0 radical (unpaired) electrons. The van der Waals surface area contributed by atoms with E-state index in [1.54, 1.807) is 14.2 Å². The Morgan fingerprint density at radius 1 is 1.12 bits per heavy atom. The Morgan fingerprint density at radius 3 is 2.53 bits per heavy atom. The summed E-state index contributed by atoms with van der Waals surface area (Å²) in [5.41, 5.74) is 0. The van der Waals surface area contributed by atoms with Gasteiger partial charge in [0.15, 0.2) is 0 Å². The number of hydrogen-bond donors (Lipinski definition) is 1. The highest BCUT2D eigenvalue weighted by Crippen LogP contribution is 2.16. The third-order valence-corrected chi connectivity index (χ3v) is 3.42. The van der Waals surface area contributed by atoms with Crippen LogP contribution in [0.4, 0.5) is 0 Å². The van der Waals surface area contributed by atoms with Crippen LogP contribution in [-0.4, -0.2) is 65.1 Å². The van der Waals surface area contributed by atoms with Crippen molar-refractivity contribution in [1.29, 1.82) is 0 Å². The minimum absolute atomic E-state index is 0.783. The van der Waals surface area contributed by atoms with Crippen LogP contribution in [0.1, 0.15) is 19.3 Å². The van der Waals surface area contributed by atoms with E-state index in [1.165, 1.54) is 32.5 Å². The first-order chi connectivity index (χ1) is 8.36. The number of piperidine rings is 1. The van der Waals surface area contributed by atoms with Gasteiger partial charge in [-0.2, -0.15) is 0 Å². The van der Waals surface area contributed by atoms with Gasteiger partial charge in [-0.3, -0.25) is 0 Å². The first kappa shape index (κ1) is 14.9. The van der Waals surface area contributed by atoms with Crippen molar-refractivity contribution < 1.29 is 9.47 Å².